The molecule has 0 aromatic rings. The standard InChI is InChI=1S/C6H13N3O/c1-3-6(10)8-4-5-9-7-2/h3,7,9H,1,4-5H2,2H3,(H,8,10). The number of rotatable bonds is 5. The van der Waals surface area contributed by atoms with Crippen LogP contribution in [-0.2, 0) is 4.79 Å². The van der Waals surface area contributed by atoms with Crippen molar-refractivity contribution < 1.29 is 4.79 Å². The maximum atomic E-state index is 10.5. The molecule has 0 spiro atoms. The lowest BCUT2D eigenvalue weighted by Crippen LogP contribution is -2.36. The van der Waals surface area contributed by atoms with Crippen LogP contribution in [-0.4, -0.2) is 26.0 Å². The molecule has 0 aromatic heterocycles. The summed E-state index contributed by atoms with van der Waals surface area (Å²) in [7, 11) is 1.77. The Morgan fingerprint density at radius 2 is 2.30 bits per heavy atom. The minimum Gasteiger partial charge on any atom is -0.351 e. The average Bonchev–Trinajstić information content (AvgIpc) is 1.98. The molecule has 4 heteroatoms. The van der Waals surface area contributed by atoms with Crippen LogP contribution in [0.25, 0.3) is 0 Å². The number of carbonyl (C=O) groups excluding carboxylic acids is 1. The quantitative estimate of drug-likeness (QED) is 0.263. The van der Waals surface area contributed by atoms with E-state index in [0.29, 0.717) is 13.1 Å². The molecule has 58 valence electrons. The van der Waals surface area contributed by atoms with E-state index in [9.17, 15) is 4.79 Å². The molecular weight excluding hydrogens is 130 g/mol. The second-order valence-electron chi connectivity index (χ2n) is 1.67. The molecule has 0 fully saturated rings. The third-order valence-electron chi connectivity index (χ3n) is 0.911. The minimum absolute atomic E-state index is 0.141. The van der Waals surface area contributed by atoms with Gasteiger partial charge >= 0.3 is 0 Å². The molecule has 0 saturated carbocycles. The van der Waals surface area contributed by atoms with Crippen molar-refractivity contribution in [3.05, 3.63) is 12.7 Å². The minimum atomic E-state index is -0.141. The molecule has 0 bridgehead atoms. The summed E-state index contributed by atoms with van der Waals surface area (Å²) in [5.41, 5.74) is 5.56. The number of hydrogen-bond acceptors (Lipinski definition) is 3. The molecule has 3 N–H and O–H groups in total. The summed E-state index contributed by atoms with van der Waals surface area (Å²) in [6.07, 6.45) is 1.25. The largest absolute Gasteiger partial charge is 0.351 e. The van der Waals surface area contributed by atoms with Gasteiger partial charge in [0.1, 0.15) is 0 Å². The molecule has 0 aromatic carbocycles. The lowest BCUT2D eigenvalue weighted by Gasteiger charge is -2.01. The van der Waals surface area contributed by atoms with Crippen LogP contribution in [0.2, 0.25) is 0 Å². The van der Waals surface area contributed by atoms with Gasteiger partial charge in [0.05, 0.1) is 0 Å². The smallest absolute Gasteiger partial charge is 0.243 e. The van der Waals surface area contributed by atoms with Crippen LogP contribution in [0.4, 0.5) is 0 Å². The molecule has 0 atom stereocenters. The van der Waals surface area contributed by atoms with E-state index in [2.05, 4.69) is 22.7 Å². The number of nitrogens with one attached hydrogen (secondary N) is 3. The van der Waals surface area contributed by atoms with Crippen LogP contribution >= 0.6 is 0 Å². The van der Waals surface area contributed by atoms with Gasteiger partial charge in [-0.2, -0.15) is 0 Å². The fourth-order valence-electron chi connectivity index (χ4n) is 0.445. The molecule has 0 unspecified atom stereocenters. The van der Waals surface area contributed by atoms with E-state index in [1.807, 2.05) is 0 Å². The average molecular weight is 143 g/mol. The highest BCUT2D eigenvalue weighted by atomic mass is 16.1. The molecule has 10 heavy (non-hydrogen) atoms. The zero-order valence-corrected chi connectivity index (χ0v) is 6.11. The van der Waals surface area contributed by atoms with Gasteiger partial charge in [-0.1, -0.05) is 6.58 Å². The predicted molar refractivity (Wildman–Crippen MR) is 40.3 cm³/mol. The second-order valence-corrected chi connectivity index (χ2v) is 1.67. The summed E-state index contributed by atoms with van der Waals surface area (Å²) >= 11 is 0. The first-order valence-electron chi connectivity index (χ1n) is 3.11. The fraction of sp³-hybridized carbons (Fsp3) is 0.500. The van der Waals surface area contributed by atoms with E-state index in [0.717, 1.165) is 0 Å². The van der Waals surface area contributed by atoms with Gasteiger partial charge in [0.15, 0.2) is 0 Å². The normalized spacial score (nSPS) is 8.90. The molecule has 0 radical (unpaired) electrons. The van der Waals surface area contributed by atoms with E-state index in [-0.39, 0.29) is 5.91 Å². The number of hydrogen-bond donors (Lipinski definition) is 3. The molecule has 0 saturated heterocycles. The second kappa shape index (κ2) is 6.25. The summed E-state index contributed by atoms with van der Waals surface area (Å²) < 4.78 is 0. The van der Waals surface area contributed by atoms with Gasteiger partial charge in [-0.3, -0.25) is 15.6 Å². The highest BCUT2D eigenvalue weighted by Crippen LogP contribution is 1.63. The van der Waals surface area contributed by atoms with Crippen molar-refractivity contribution in [2.24, 2.45) is 0 Å². The Bertz CT molecular complexity index is 114. The van der Waals surface area contributed by atoms with Crippen LogP contribution in [0, 0.1) is 0 Å². The number of amides is 1. The van der Waals surface area contributed by atoms with Crippen molar-refractivity contribution in [2.75, 3.05) is 20.1 Å². The Labute approximate surface area is 60.7 Å². The summed E-state index contributed by atoms with van der Waals surface area (Å²) in [5, 5.41) is 2.61. The Hall–Kier alpha value is -0.870. The molecule has 0 aliphatic carbocycles. The van der Waals surface area contributed by atoms with Gasteiger partial charge < -0.3 is 5.32 Å². The number of carbonyl (C=O) groups is 1. The topological polar surface area (TPSA) is 53.2 Å². The van der Waals surface area contributed by atoms with E-state index in [1.165, 1.54) is 6.08 Å². The Morgan fingerprint density at radius 1 is 1.60 bits per heavy atom. The van der Waals surface area contributed by atoms with Gasteiger partial charge in [-0.25, -0.2) is 0 Å². The van der Waals surface area contributed by atoms with Crippen molar-refractivity contribution in [2.45, 2.75) is 0 Å². The van der Waals surface area contributed by atoms with E-state index in [1.54, 1.807) is 7.05 Å². The zero-order chi connectivity index (χ0) is 7.82. The SMILES string of the molecule is C=CC(=O)NCCNNC. The third-order valence-corrected chi connectivity index (χ3v) is 0.911. The molecule has 4 nitrogen and oxygen atoms in total. The predicted octanol–water partition coefficient (Wildman–Crippen LogP) is -0.987. The zero-order valence-electron chi connectivity index (χ0n) is 6.11. The van der Waals surface area contributed by atoms with Crippen molar-refractivity contribution in [3.63, 3.8) is 0 Å². The summed E-state index contributed by atoms with van der Waals surface area (Å²) in [6, 6.07) is 0. The summed E-state index contributed by atoms with van der Waals surface area (Å²) in [5.74, 6) is -0.141. The number of hydrazine groups is 1. The molecule has 0 heterocycles. The molecule has 0 aliphatic heterocycles. The Morgan fingerprint density at radius 3 is 2.80 bits per heavy atom. The van der Waals surface area contributed by atoms with Crippen LogP contribution in [0.1, 0.15) is 0 Å². The summed E-state index contributed by atoms with van der Waals surface area (Å²) in [4.78, 5) is 10.5. The summed E-state index contributed by atoms with van der Waals surface area (Å²) in [6.45, 7) is 4.62. The van der Waals surface area contributed by atoms with E-state index >= 15 is 0 Å². The van der Waals surface area contributed by atoms with Gasteiger partial charge in [0, 0.05) is 13.1 Å². The lowest BCUT2D eigenvalue weighted by molar-refractivity contribution is -0.116. The van der Waals surface area contributed by atoms with Crippen molar-refractivity contribution >= 4 is 5.91 Å². The van der Waals surface area contributed by atoms with Gasteiger partial charge in [0.2, 0.25) is 5.91 Å². The highest BCUT2D eigenvalue weighted by Gasteiger charge is 1.89. The molecule has 0 rings (SSSR count). The van der Waals surface area contributed by atoms with Gasteiger partial charge in [-0.15, -0.1) is 0 Å². The van der Waals surface area contributed by atoms with E-state index < -0.39 is 0 Å². The van der Waals surface area contributed by atoms with E-state index in [4.69, 9.17) is 0 Å². The Kier molecular flexibility index (Phi) is 5.71. The Balaban J connectivity index is 3.03. The fourth-order valence-corrected chi connectivity index (χ4v) is 0.445. The first kappa shape index (κ1) is 9.13. The van der Waals surface area contributed by atoms with Crippen LogP contribution in [0.5, 0.6) is 0 Å². The first-order chi connectivity index (χ1) is 4.81. The molecule has 1 amide bonds. The maximum Gasteiger partial charge on any atom is 0.243 e. The van der Waals surface area contributed by atoms with Crippen LogP contribution < -0.4 is 16.2 Å². The van der Waals surface area contributed by atoms with Crippen LogP contribution in [0.15, 0.2) is 12.7 Å². The maximum absolute atomic E-state index is 10.5. The van der Waals surface area contributed by atoms with Gasteiger partial charge in [0.25, 0.3) is 0 Å². The van der Waals surface area contributed by atoms with Crippen molar-refractivity contribution in [3.8, 4) is 0 Å². The van der Waals surface area contributed by atoms with Crippen LogP contribution in [0.3, 0.4) is 0 Å². The highest BCUT2D eigenvalue weighted by molar-refractivity contribution is 5.86. The molecular formula is C6H13N3O. The lowest BCUT2D eigenvalue weighted by atomic mass is 10.5. The molecule has 0 aliphatic rings. The van der Waals surface area contributed by atoms with Gasteiger partial charge in [-0.05, 0) is 13.1 Å². The first-order valence-corrected chi connectivity index (χ1v) is 3.11. The van der Waals surface area contributed by atoms with Crippen molar-refractivity contribution in [1.29, 1.82) is 0 Å². The van der Waals surface area contributed by atoms with Crippen molar-refractivity contribution in [1.82, 2.24) is 16.2 Å². The monoisotopic (exact) mass is 143 g/mol. The third kappa shape index (κ3) is 5.27.